The van der Waals surface area contributed by atoms with Gasteiger partial charge in [-0.1, -0.05) is 28.4 Å². The molecule has 2 aromatic heterocycles. The molecule has 2 aromatic carbocycles. The van der Waals surface area contributed by atoms with Gasteiger partial charge in [0.1, 0.15) is 5.52 Å². The predicted molar refractivity (Wildman–Crippen MR) is 70.1 cm³/mol. The zero-order valence-corrected chi connectivity index (χ0v) is 10.2. The first kappa shape index (κ1) is 9.80. The molecule has 4 aromatic rings. The van der Waals surface area contributed by atoms with Crippen LogP contribution in [0.3, 0.4) is 0 Å². The van der Waals surface area contributed by atoms with Crippen LogP contribution in [0.5, 0.6) is 0 Å². The van der Waals surface area contributed by atoms with E-state index in [1.165, 1.54) is 0 Å². The van der Waals surface area contributed by atoms with Gasteiger partial charge in [-0.2, -0.15) is 0 Å². The van der Waals surface area contributed by atoms with Crippen LogP contribution >= 0.6 is 7.81 Å². The molecule has 1 unspecified atom stereocenters. The molecule has 0 bridgehead atoms. The fourth-order valence-electron chi connectivity index (χ4n) is 2.21. The van der Waals surface area contributed by atoms with Crippen LogP contribution < -0.4 is 0 Å². The average molecular weight is 255 g/mol. The minimum Gasteiger partial charge on any atom is -0.234 e. The van der Waals surface area contributed by atoms with Crippen molar-refractivity contribution in [1.82, 2.24) is 9.15 Å². The van der Waals surface area contributed by atoms with Crippen LogP contribution in [0.4, 0.5) is 0 Å². The molecule has 0 fully saturated rings. The molecule has 0 amide bonds. The van der Waals surface area contributed by atoms with E-state index in [1.807, 2.05) is 48.5 Å². The number of fused-ring (bicyclic) bond motifs is 5. The maximum atomic E-state index is 12.2. The summed E-state index contributed by atoms with van der Waals surface area (Å²) in [5, 5.41) is 0.878. The Hall–Kier alpha value is -2.19. The van der Waals surface area contributed by atoms with Gasteiger partial charge in [0.2, 0.25) is 5.58 Å². The van der Waals surface area contributed by atoms with Gasteiger partial charge < -0.3 is 0 Å². The van der Waals surface area contributed by atoms with Gasteiger partial charge in [-0.05, 0) is 24.3 Å². The Morgan fingerprint density at radius 2 is 1.83 bits per heavy atom. The summed E-state index contributed by atoms with van der Waals surface area (Å²) in [4.78, 5) is 4.54. The van der Waals surface area contributed by atoms with E-state index < -0.39 is 7.81 Å². The van der Waals surface area contributed by atoms with E-state index in [-0.39, 0.29) is 0 Å². The largest absolute Gasteiger partial charge is 0.703 e. The number of benzene rings is 2. The van der Waals surface area contributed by atoms with Gasteiger partial charge in [-0.3, -0.25) is 0 Å². The summed E-state index contributed by atoms with van der Waals surface area (Å²) in [6.45, 7) is 0. The van der Waals surface area contributed by atoms with Crippen LogP contribution in [0.1, 0.15) is 0 Å². The molecule has 0 aliphatic carbocycles. The van der Waals surface area contributed by atoms with Crippen molar-refractivity contribution in [2.24, 2.45) is 0 Å². The summed E-state index contributed by atoms with van der Waals surface area (Å²) in [6, 6.07) is 15.1. The van der Waals surface area contributed by atoms with Gasteiger partial charge in [-0.25, -0.2) is 9.18 Å². The Morgan fingerprint density at radius 1 is 1.06 bits per heavy atom. The Bertz CT molecular complexity index is 955. The third-order valence-electron chi connectivity index (χ3n) is 3.00. The molecule has 5 heteroatoms. The highest BCUT2D eigenvalue weighted by Gasteiger charge is 2.19. The molecule has 0 radical (unpaired) electrons. The number of aromatic nitrogens is 2. The van der Waals surface area contributed by atoms with Crippen LogP contribution in [-0.4, -0.2) is 9.15 Å². The monoisotopic (exact) mass is 255 g/mol. The van der Waals surface area contributed by atoms with E-state index in [9.17, 15) is 4.57 Å². The van der Waals surface area contributed by atoms with Crippen molar-refractivity contribution >= 4 is 35.5 Å². The van der Waals surface area contributed by atoms with Crippen molar-refractivity contribution in [3.8, 4) is 0 Å². The van der Waals surface area contributed by atoms with Gasteiger partial charge in [0.25, 0.3) is 0 Å². The van der Waals surface area contributed by atoms with Gasteiger partial charge in [0.15, 0.2) is 5.65 Å². The lowest BCUT2D eigenvalue weighted by Crippen LogP contribution is -1.81. The summed E-state index contributed by atoms with van der Waals surface area (Å²) in [5.74, 6) is 0. The van der Waals surface area contributed by atoms with Gasteiger partial charge >= 0.3 is 7.81 Å². The standard InChI is InChI=1S/C13H8N2O2P/c16-18-15-11-7-3-2-6-10(11)14-13(15)9-5-1-4-8-12(9)17-18/h1-8H/q+1. The number of imidazole rings is 1. The summed E-state index contributed by atoms with van der Waals surface area (Å²) in [7, 11) is -1.95. The molecular weight excluding hydrogens is 247 g/mol. The summed E-state index contributed by atoms with van der Waals surface area (Å²) in [6.07, 6.45) is 0. The third-order valence-corrected chi connectivity index (χ3v) is 4.09. The maximum absolute atomic E-state index is 12.2. The SMILES string of the molecule is O=[p+]1oc2ccccc2c2nc3ccccc3n21. The molecule has 0 saturated heterocycles. The van der Waals surface area contributed by atoms with E-state index in [0.717, 1.165) is 16.4 Å². The topological polar surface area (TPSA) is 47.5 Å². The summed E-state index contributed by atoms with van der Waals surface area (Å²) in [5.41, 5.74) is 3.00. The molecule has 0 aliphatic heterocycles. The fraction of sp³-hybridized carbons (Fsp3) is 0. The number of hydrogen-bond acceptors (Lipinski definition) is 3. The molecule has 4 rings (SSSR count). The molecule has 0 aliphatic rings. The lowest BCUT2D eigenvalue weighted by atomic mass is 10.2. The van der Waals surface area contributed by atoms with Crippen molar-refractivity contribution in [2.75, 3.05) is 0 Å². The second-order valence-corrected chi connectivity index (χ2v) is 5.12. The third kappa shape index (κ3) is 1.18. The first-order valence-corrected chi connectivity index (χ1v) is 6.70. The zero-order chi connectivity index (χ0) is 12.1. The van der Waals surface area contributed by atoms with Crippen molar-refractivity contribution < 1.29 is 8.76 Å². The quantitative estimate of drug-likeness (QED) is 0.477. The minimum atomic E-state index is -1.95. The molecule has 18 heavy (non-hydrogen) atoms. The smallest absolute Gasteiger partial charge is 0.234 e. The van der Waals surface area contributed by atoms with E-state index in [1.54, 1.807) is 4.16 Å². The Morgan fingerprint density at radius 3 is 2.78 bits per heavy atom. The highest BCUT2D eigenvalue weighted by molar-refractivity contribution is 7.26. The van der Waals surface area contributed by atoms with Crippen molar-refractivity contribution in [3.63, 3.8) is 0 Å². The molecule has 4 nitrogen and oxygen atoms in total. The summed E-state index contributed by atoms with van der Waals surface area (Å²) < 4.78 is 19.3. The lowest BCUT2D eigenvalue weighted by Gasteiger charge is -1.90. The number of para-hydroxylation sites is 3. The first-order valence-electron chi connectivity index (χ1n) is 5.57. The summed E-state index contributed by atoms with van der Waals surface area (Å²) >= 11 is 0. The van der Waals surface area contributed by atoms with Gasteiger partial charge in [0.05, 0.1) is 10.9 Å². The number of nitrogens with zero attached hydrogens (tertiary/aromatic N) is 2. The van der Waals surface area contributed by atoms with Gasteiger partial charge in [-0.15, -0.1) is 0 Å². The van der Waals surface area contributed by atoms with E-state index in [4.69, 9.17) is 4.20 Å². The Kier molecular flexibility index (Phi) is 1.85. The lowest BCUT2D eigenvalue weighted by molar-refractivity contribution is 0.554. The first-order chi connectivity index (χ1) is 8.84. The Labute approximate surface area is 102 Å². The second kappa shape index (κ2) is 3.40. The van der Waals surface area contributed by atoms with Crippen LogP contribution in [0.2, 0.25) is 0 Å². The molecule has 0 saturated carbocycles. The van der Waals surface area contributed by atoms with Crippen molar-refractivity contribution in [3.05, 3.63) is 48.5 Å². The van der Waals surface area contributed by atoms with E-state index >= 15 is 0 Å². The maximum Gasteiger partial charge on any atom is 0.703 e. The van der Waals surface area contributed by atoms with Crippen LogP contribution in [0.25, 0.3) is 27.6 Å². The molecule has 86 valence electrons. The van der Waals surface area contributed by atoms with Crippen molar-refractivity contribution in [2.45, 2.75) is 0 Å². The molecule has 0 spiro atoms. The molecular formula is C13H8N2O2P+. The molecule has 2 heterocycles. The van der Waals surface area contributed by atoms with E-state index in [0.29, 0.717) is 11.2 Å². The average Bonchev–Trinajstić information content (AvgIpc) is 2.79. The number of rotatable bonds is 0. The van der Waals surface area contributed by atoms with Crippen molar-refractivity contribution in [1.29, 1.82) is 0 Å². The predicted octanol–water partition coefficient (Wildman–Crippen LogP) is 3.98. The zero-order valence-electron chi connectivity index (χ0n) is 9.28. The van der Waals surface area contributed by atoms with Crippen LogP contribution in [0, 0.1) is 0 Å². The van der Waals surface area contributed by atoms with Gasteiger partial charge in [0, 0.05) is 4.57 Å². The highest BCUT2D eigenvalue weighted by atomic mass is 31.1. The van der Waals surface area contributed by atoms with E-state index in [2.05, 4.69) is 4.98 Å². The normalized spacial score (nSPS) is 12.6. The Balaban J connectivity index is 2.42. The molecule has 1 atom stereocenters. The fourth-order valence-corrected chi connectivity index (χ4v) is 3.27. The van der Waals surface area contributed by atoms with Crippen LogP contribution in [0.15, 0.2) is 52.7 Å². The van der Waals surface area contributed by atoms with Crippen LogP contribution in [-0.2, 0) is 4.57 Å². The minimum absolute atomic E-state index is 0.626. The second-order valence-electron chi connectivity index (χ2n) is 4.06. The highest BCUT2D eigenvalue weighted by Crippen LogP contribution is 2.30. The molecule has 0 N–H and O–H groups in total. The number of hydrogen-bond donors (Lipinski definition) is 0.